The maximum atomic E-state index is 14.1. The van der Waals surface area contributed by atoms with E-state index in [2.05, 4.69) is 0 Å². The molecule has 0 amide bonds. The lowest BCUT2D eigenvalue weighted by atomic mass is 9.94. The average molecular weight is 420 g/mol. The molecule has 7 heteroatoms. The van der Waals surface area contributed by atoms with Crippen molar-refractivity contribution in [2.75, 3.05) is 6.67 Å². The van der Waals surface area contributed by atoms with Gasteiger partial charge in [0, 0.05) is 24.0 Å². The molecule has 30 heavy (non-hydrogen) atoms. The summed E-state index contributed by atoms with van der Waals surface area (Å²) in [5.74, 6) is -5.46. The molecule has 0 saturated carbocycles. The van der Waals surface area contributed by atoms with Gasteiger partial charge in [-0.05, 0) is 29.8 Å². The Hall–Kier alpha value is -3.09. The Bertz CT molecular complexity index is 923. The topological polar surface area (TPSA) is 63.6 Å². The van der Waals surface area contributed by atoms with Crippen molar-refractivity contribution in [3.05, 3.63) is 70.8 Å². The molecule has 1 heterocycles. The van der Waals surface area contributed by atoms with Crippen molar-refractivity contribution in [1.82, 2.24) is 0 Å². The summed E-state index contributed by atoms with van der Waals surface area (Å²) in [5, 5.41) is 9.30. The van der Waals surface area contributed by atoms with Crippen LogP contribution in [0.25, 0.3) is 6.08 Å². The molecular formula is C23H23F3O4. The van der Waals surface area contributed by atoms with Gasteiger partial charge in [-0.2, -0.15) is 0 Å². The van der Waals surface area contributed by atoms with Crippen LogP contribution >= 0.6 is 0 Å². The number of Topliss-reactive ketones (excluding diaryl/α,β-unsaturated/α-hetero) is 1. The van der Waals surface area contributed by atoms with Crippen LogP contribution in [0.4, 0.5) is 13.2 Å². The summed E-state index contributed by atoms with van der Waals surface area (Å²) in [6.07, 6.45) is -2.05. The van der Waals surface area contributed by atoms with Crippen LogP contribution in [-0.2, 0) is 11.2 Å². The molecule has 1 aliphatic heterocycles. The Morgan fingerprint density at radius 1 is 1.10 bits per heavy atom. The summed E-state index contributed by atoms with van der Waals surface area (Å²) in [5.41, 5.74) is 0.651. The lowest BCUT2D eigenvalue weighted by Gasteiger charge is -2.31. The van der Waals surface area contributed by atoms with Crippen molar-refractivity contribution >= 4 is 17.8 Å². The van der Waals surface area contributed by atoms with E-state index in [9.17, 15) is 27.9 Å². The van der Waals surface area contributed by atoms with E-state index in [-0.39, 0.29) is 23.5 Å². The summed E-state index contributed by atoms with van der Waals surface area (Å²) in [6, 6.07) is 13.3. The van der Waals surface area contributed by atoms with Gasteiger partial charge < -0.3 is 9.84 Å². The van der Waals surface area contributed by atoms with Crippen LogP contribution in [-0.4, -0.2) is 35.6 Å². The zero-order valence-electron chi connectivity index (χ0n) is 16.7. The summed E-state index contributed by atoms with van der Waals surface area (Å²) in [4.78, 5) is 23.9. The molecule has 1 unspecified atom stereocenters. The van der Waals surface area contributed by atoms with Crippen molar-refractivity contribution in [3.63, 3.8) is 0 Å². The highest BCUT2D eigenvalue weighted by Crippen LogP contribution is 2.38. The van der Waals surface area contributed by atoms with Crippen LogP contribution in [0.1, 0.15) is 41.8 Å². The second kappa shape index (κ2) is 10.1. The molecule has 160 valence electrons. The van der Waals surface area contributed by atoms with Crippen LogP contribution < -0.4 is 4.74 Å². The molecule has 1 aliphatic rings. The normalized spacial score (nSPS) is 15.1. The minimum atomic E-state index is -3.68. The van der Waals surface area contributed by atoms with Crippen LogP contribution in [0.3, 0.4) is 0 Å². The van der Waals surface area contributed by atoms with Gasteiger partial charge in [-0.15, -0.1) is 0 Å². The quantitative estimate of drug-likeness (QED) is 0.613. The predicted molar refractivity (Wildman–Crippen MR) is 108 cm³/mol. The average Bonchev–Trinajstić information content (AvgIpc) is 2.74. The van der Waals surface area contributed by atoms with E-state index in [1.807, 2.05) is 32.0 Å². The number of carboxylic acids is 1. The predicted octanol–water partition coefficient (Wildman–Crippen LogP) is 5.36. The first-order valence-electron chi connectivity index (χ1n) is 9.58. The van der Waals surface area contributed by atoms with Gasteiger partial charge in [-0.1, -0.05) is 44.2 Å². The van der Waals surface area contributed by atoms with Gasteiger partial charge in [-0.25, -0.2) is 13.6 Å². The number of rotatable bonds is 7. The molecule has 4 nitrogen and oxygen atoms in total. The molecule has 2 aromatic carbocycles. The van der Waals surface area contributed by atoms with Crippen molar-refractivity contribution in [2.45, 2.75) is 38.7 Å². The largest absolute Gasteiger partial charge is 0.478 e. The van der Waals surface area contributed by atoms with E-state index < -0.39 is 36.7 Å². The number of hydrogen-bond donors (Lipinski definition) is 1. The van der Waals surface area contributed by atoms with E-state index >= 15 is 0 Å². The number of alkyl halides is 3. The van der Waals surface area contributed by atoms with Gasteiger partial charge in [0.2, 0.25) is 0 Å². The number of hydrogen-bond acceptors (Lipinski definition) is 3. The minimum absolute atomic E-state index is 0.0183. The summed E-state index contributed by atoms with van der Waals surface area (Å²) < 4.78 is 45.9. The lowest BCUT2D eigenvalue weighted by Crippen LogP contribution is -2.43. The molecule has 0 bridgehead atoms. The van der Waals surface area contributed by atoms with E-state index in [4.69, 9.17) is 4.74 Å². The number of fused-ring (bicyclic) bond motifs is 1. The second-order valence-electron chi connectivity index (χ2n) is 6.44. The van der Waals surface area contributed by atoms with Crippen molar-refractivity contribution in [3.8, 4) is 5.75 Å². The minimum Gasteiger partial charge on any atom is -0.478 e. The third-order valence-corrected chi connectivity index (χ3v) is 4.44. The van der Waals surface area contributed by atoms with Gasteiger partial charge in [0.15, 0.2) is 11.9 Å². The fourth-order valence-corrected chi connectivity index (χ4v) is 3.00. The molecule has 0 fully saturated rings. The third kappa shape index (κ3) is 5.28. The zero-order chi connectivity index (χ0) is 22.3. The molecule has 1 atom stereocenters. The number of carbonyl (C=O) groups excluding carboxylic acids is 1. The molecule has 0 saturated heterocycles. The highest BCUT2D eigenvalue weighted by Gasteiger charge is 2.47. The number of carbonyl (C=O) groups is 2. The number of ketones is 1. The van der Waals surface area contributed by atoms with Crippen molar-refractivity contribution in [1.29, 1.82) is 0 Å². The molecule has 2 aromatic rings. The van der Waals surface area contributed by atoms with Crippen LogP contribution in [0.15, 0.2) is 54.1 Å². The maximum absolute atomic E-state index is 14.1. The number of benzene rings is 2. The van der Waals surface area contributed by atoms with E-state index in [0.29, 0.717) is 5.56 Å². The third-order valence-electron chi connectivity index (χ3n) is 4.44. The number of halogens is 3. The van der Waals surface area contributed by atoms with Crippen LogP contribution in [0.2, 0.25) is 0 Å². The fraction of sp³-hybridized carbons (Fsp3) is 0.304. The summed E-state index contributed by atoms with van der Waals surface area (Å²) in [7, 11) is 0. The first kappa shape index (κ1) is 23.2. The number of aliphatic carboxylic acids is 1. The maximum Gasteiger partial charge on any atom is 0.335 e. The molecule has 3 rings (SSSR count). The van der Waals surface area contributed by atoms with Gasteiger partial charge in [-0.3, -0.25) is 9.18 Å². The molecule has 0 aromatic heterocycles. The Morgan fingerprint density at radius 2 is 1.77 bits per heavy atom. The van der Waals surface area contributed by atoms with E-state index in [0.717, 1.165) is 11.6 Å². The number of ether oxygens (including phenoxy) is 1. The van der Waals surface area contributed by atoms with E-state index in [1.165, 1.54) is 18.2 Å². The first-order valence-corrected chi connectivity index (χ1v) is 9.58. The smallest absolute Gasteiger partial charge is 0.335 e. The summed E-state index contributed by atoms with van der Waals surface area (Å²) >= 11 is 0. The molecule has 0 aliphatic carbocycles. The second-order valence-corrected chi connectivity index (χ2v) is 6.44. The van der Waals surface area contributed by atoms with Gasteiger partial charge >= 0.3 is 5.97 Å². The van der Waals surface area contributed by atoms with Gasteiger partial charge in [0.25, 0.3) is 5.92 Å². The van der Waals surface area contributed by atoms with Crippen LogP contribution in [0.5, 0.6) is 5.75 Å². The monoisotopic (exact) mass is 420 g/mol. The van der Waals surface area contributed by atoms with Gasteiger partial charge in [0.05, 0.1) is 12.2 Å². The fourth-order valence-electron chi connectivity index (χ4n) is 3.00. The van der Waals surface area contributed by atoms with Crippen LogP contribution in [0, 0.1) is 0 Å². The first-order chi connectivity index (χ1) is 14.3. The molecule has 1 N–H and O–H groups in total. The molecule has 0 spiro atoms. The molecular weight excluding hydrogens is 397 g/mol. The van der Waals surface area contributed by atoms with Crippen molar-refractivity contribution < 1.29 is 32.6 Å². The lowest BCUT2D eigenvalue weighted by molar-refractivity contribution is -0.138. The molecule has 0 radical (unpaired) electrons. The van der Waals surface area contributed by atoms with Gasteiger partial charge in [0.1, 0.15) is 5.75 Å². The highest BCUT2D eigenvalue weighted by molar-refractivity contribution is 5.99. The Labute approximate surface area is 173 Å². The number of carboxylic acid groups (broad SMARTS) is 1. The van der Waals surface area contributed by atoms with Crippen molar-refractivity contribution in [2.24, 2.45) is 0 Å². The SMILES string of the molecule is CC.O=C(O)C1=Cc2cc(C(=O)Cc3ccccc3)ccc2OC1C(F)(F)CCF. The van der Waals surface area contributed by atoms with E-state index in [1.54, 1.807) is 12.1 Å². The Kier molecular flexibility index (Phi) is 7.80. The Balaban J connectivity index is 0.00000155. The Morgan fingerprint density at radius 3 is 2.37 bits per heavy atom. The zero-order valence-corrected chi connectivity index (χ0v) is 16.7. The summed E-state index contributed by atoms with van der Waals surface area (Å²) in [6.45, 7) is 2.69. The standard InChI is InChI=1S/C21H17F3O4.C2H6/c22-9-8-21(23,24)19-16(20(26)27)12-15-11-14(6-7-18(15)28-19)17(25)10-13-4-2-1-3-5-13;1-2/h1-7,11-12,19H,8-10H2,(H,26,27);1-2H3. The highest BCUT2D eigenvalue weighted by atomic mass is 19.3.